The van der Waals surface area contributed by atoms with Gasteiger partial charge in [0.25, 0.3) is 0 Å². The molecule has 0 saturated heterocycles. The minimum absolute atomic E-state index is 0.0246. The quantitative estimate of drug-likeness (QED) is 0.341. The van der Waals surface area contributed by atoms with Gasteiger partial charge >= 0.3 is 0 Å². The van der Waals surface area contributed by atoms with Gasteiger partial charge in [0.1, 0.15) is 11.5 Å². The molecule has 1 unspecified atom stereocenters. The molecule has 0 aliphatic carbocycles. The predicted molar refractivity (Wildman–Crippen MR) is 78.4 cm³/mol. The molecular formula is C15H17FN4O. The van der Waals surface area contributed by atoms with Crippen molar-refractivity contribution in [2.45, 2.75) is 19.5 Å². The molecule has 1 aromatic heterocycles. The van der Waals surface area contributed by atoms with E-state index in [1.54, 1.807) is 24.4 Å². The van der Waals surface area contributed by atoms with Crippen molar-refractivity contribution in [3.63, 3.8) is 0 Å². The van der Waals surface area contributed by atoms with Crippen LogP contribution in [0.4, 0.5) is 4.39 Å². The van der Waals surface area contributed by atoms with Crippen LogP contribution in [0.2, 0.25) is 0 Å². The van der Waals surface area contributed by atoms with Crippen molar-refractivity contribution < 1.29 is 9.60 Å². The molecule has 2 rings (SSSR count). The van der Waals surface area contributed by atoms with E-state index in [4.69, 9.17) is 10.9 Å². The second kappa shape index (κ2) is 6.81. The number of nitrogens with two attached hydrogens (primary N) is 1. The first kappa shape index (κ1) is 14.9. The van der Waals surface area contributed by atoms with Crippen LogP contribution in [0, 0.1) is 5.82 Å². The van der Waals surface area contributed by atoms with Crippen molar-refractivity contribution >= 4 is 5.84 Å². The Labute approximate surface area is 122 Å². The Kier molecular flexibility index (Phi) is 4.84. The van der Waals surface area contributed by atoms with Crippen LogP contribution in [0.1, 0.15) is 29.8 Å². The summed E-state index contributed by atoms with van der Waals surface area (Å²) in [5.74, 6) is -0.271. The highest BCUT2D eigenvalue weighted by Gasteiger charge is 2.06. The lowest BCUT2D eigenvalue weighted by molar-refractivity contribution is 0.318. The van der Waals surface area contributed by atoms with Crippen LogP contribution in [0.3, 0.4) is 0 Å². The SMILES string of the molecule is CC(NCc1ccnc(C(N)=NO)c1)c1ccc(F)cc1. The number of amidine groups is 1. The fourth-order valence-electron chi connectivity index (χ4n) is 1.92. The van der Waals surface area contributed by atoms with Crippen LogP contribution in [-0.4, -0.2) is 16.0 Å². The average Bonchev–Trinajstić information content (AvgIpc) is 2.52. The van der Waals surface area contributed by atoms with Crippen molar-refractivity contribution in [2.24, 2.45) is 10.9 Å². The van der Waals surface area contributed by atoms with E-state index in [9.17, 15) is 4.39 Å². The molecule has 21 heavy (non-hydrogen) atoms. The van der Waals surface area contributed by atoms with Gasteiger partial charge in [-0.15, -0.1) is 0 Å². The Morgan fingerprint density at radius 1 is 1.38 bits per heavy atom. The minimum atomic E-state index is -0.247. The lowest BCUT2D eigenvalue weighted by Gasteiger charge is -2.14. The number of pyridine rings is 1. The summed E-state index contributed by atoms with van der Waals surface area (Å²) in [6, 6.07) is 10.1. The molecule has 0 fully saturated rings. The largest absolute Gasteiger partial charge is 0.409 e. The van der Waals surface area contributed by atoms with E-state index in [-0.39, 0.29) is 17.7 Å². The first-order valence-corrected chi connectivity index (χ1v) is 6.52. The number of rotatable bonds is 5. The van der Waals surface area contributed by atoms with Crippen LogP contribution in [0.25, 0.3) is 0 Å². The predicted octanol–water partition coefficient (Wildman–Crippen LogP) is 2.17. The number of hydrogen-bond acceptors (Lipinski definition) is 4. The van der Waals surface area contributed by atoms with Crippen LogP contribution >= 0.6 is 0 Å². The zero-order valence-corrected chi connectivity index (χ0v) is 11.6. The Morgan fingerprint density at radius 3 is 2.76 bits per heavy atom. The van der Waals surface area contributed by atoms with Crippen LogP contribution in [-0.2, 0) is 6.54 Å². The van der Waals surface area contributed by atoms with Crippen molar-refractivity contribution in [3.05, 3.63) is 65.2 Å². The zero-order valence-electron chi connectivity index (χ0n) is 11.6. The molecule has 4 N–H and O–H groups in total. The van der Waals surface area contributed by atoms with Crippen molar-refractivity contribution in [1.29, 1.82) is 0 Å². The fraction of sp³-hybridized carbons (Fsp3) is 0.200. The lowest BCUT2D eigenvalue weighted by atomic mass is 10.1. The number of hydrogen-bond donors (Lipinski definition) is 3. The van der Waals surface area contributed by atoms with E-state index in [0.29, 0.717) is 12.2 Å². The summed E-state index contributed by atoms with van der Waals surface area (Å²) in [6.07, 6.45) is 1.60. The molecule has 0 aliphatic rings. The Hall–Kier alpha value is -2.47. The number of aromatic nitrogens is 1. The van der Waals surface area contributed by atoms with Crippen molar-refractivity contribution in [2.75, 3.05) is 0 Å². The topological polar surface area (TPSA) is 83.5 Å². The summed E-state index contributed by atoms with van der Waals surface area (Å²) in [5, 5.41) is 14.9. The Balaban J connectivity index is 2.01. The maximum atomic E-state index is 12.9. The molecule has 6 heteroatoms. The van der Waals surface area contributed by atoms with Crippen LogP contribution in [0.5, 0.6) is 0 Å². The van der Waals surface area contributed by atoms with E-state index in [1.807, 2.05) is 13.0 Å². The van der Waals surface area contributed by atoms with Gasteiger partial charge in [-0.3, -0.25) is 4.98 Å². The summed E-state index contributed by atoms with van der Waals surface area (Å²) < 4.78 is 12.9. The highest BCUT2D eigenvalue weighted by atomic mass is 19.1. The third kappa shape index (κ3) is 4.00. The minimum Gasteiger partial charge on any atom is -0.409 e. The zero-order chi connectivity index (χ0) is 15.2. The molecule has 110 valence electrons. The summed E-state index contributed by atoms with van der Waals surface area (Å²) in [5.41, 5.74) is 7.89. The Morgan fingerprint density at radius 2 is 2.10 bits per heavy atom. The van der Waals surface area contributed by atoms with Crippen molar-refractivity contribution in [3.8, 4) is 0 Å². The van der Waals surface area contributed by atoms with E-state index >= 15 is 0 Å². The smallest absolute Gasteiger partial charge is 0.188 e. The summed E-state index contributed by atoms with van der Waals surface area (Å²) in [7, 11) is 0. The molecule has 0 amide bonds. The van der Waals surface area contributed by atoms with E-state index in [1.165, 1.54) is 12.1 Å². The Bertz CT molecular complexity index is 628. The monoisotopic (exact) mass is 288 g/mol. The van der Waals surface area contributed by atoms with Gasteiger partial charge in [-0.2, -0.15) is 0 Å². The molecule has 0 aliphatic heterocycles. The van der Waals surface area contributed by atoms with Gasteiger partial charge in [-0.05, 0) is 42.3 Å². The molecule has 1 heterocycles. The van der Waals surface area contributed by atoms with E-state index in [0.717, 1.165) is 11.1 Å². The van der Waals surface area contributed by atoms with Crippen LogP contribution < -0.4 is 11.1 Å². The second-order valence-corrected chi connectivity index (χ2v) is 4.69. The van der Waals surface area contributed by atoms with Gasteiger partial charge in [-0.25, -0.2) is 4.39 Å². The molecule has 2 aromatic rings. The molecule has 5 nitrogen and oxygen atoms in total. The summed E-state index contributed by atoms with van der Waals surface area (Å²) in [4.78, 5) is 4.02. The van der Waals surface area contributed by atoms with E-state index < -0.39 is 0 Å². The fourth-order valence-corrected chi connectivity index (χ4v) is 1.92. The number of nitrogens with zero attached hydrogens (tertiary/aromatic N) is 2. The van der Waals surface area contributed by atoms with Gasteiger partial charge in [0.2, 0.25) is 0 Å². The molecule has 1 atom stereocenters. The number of nitrogens with one attached hydrogen (secondary N) is 1. The normalized spacial score (nSPS) is 13.1. The molecule has 0 radical (unpaired) electrons. The van der Waals surface area contributed by atoms with Gasteiger partial charge in [-0.1, -0.05) is 17.3 Å². The maximum absolute atomic E-state index is 12.9. The summed E-state index contributed by atoms with van der Waals surface area (Å²) in [6.45, 7) is 2.59. The number of benzene rings is 1. The molecule has 0 bridgehead atoms. The van der Waals surface area contributed by atoms with Crippen molar-refractivity contribution in [1.82, 2.24) is 10.3 Å². The highest BCUT2D eigenvalue weighted by Crippen LogP contribution is 2.13. The third-order valence-electron chi connectivity index (χ3n) is 3.18. The van der Waals surface area contributed by atoms with Gasteiger partial charge in [0.05, 0.1) is 0 Å². The van der Waals surface area contributed by atoms with E-state index in [2.05, 4.69) is 15.5 Å². The standard InChI is InChI=1S/C15H17FN4O/c1-10(12-2-4-13(16)5-3-12)19-9-11-6-7-18-14(8-11)15(17)20-21/h2-8,10,19,21H,9H2,1H3,(H2,17,20). The van der Waals surface area contributed by atoms with Crippen LogP contribution in [0.15, 0.2) is 47.8 Å². The first-order valence-electron chi connectivity index (χ1n) is 6.52. The summed E-state index contributed by atoms with van der Waals surface area (Å²) >= 11 is 0. The van der Waals surface area contributed by atoms with Gasteiger partial charge in [0.15, 0.2) is 5.84 Å². The maximum Gasteiger partial charge on any atom is 0.188 e. The third-order valence-corrected chi connectivity index (χ3v) is 3.18. The van der Waals surface area contributed by atoms with Gasteiger partial charge < -0.3 is 16.3 Å². The average molecular weight is 288 g/mol. The highest BCUT2D eigenvalue weighted by molar-refractivity contribution is 5.95. The molecule has 0 spiro atoms. The first-order chi connectivity index (χ1) is 10.1. The number of halogens is 1. The lowest BCUT2D eigenvalue weighted by Crippen LogP contribution is -2.19. The molecule has 0 saturated carbocycles. The number of oxime groups is 1. The second-order valence-electron chi connectivity index (χ2n) is 4.69. The molecule has 1 aromatic carbocycles. The molecular weight excluding hydrogens is 271 g/mol. The van der Waals surface area contributed by atoms with Gasteiger partial charge in [0, 0.05) is 18.8 Å².